The topological polar surface area (TPSA) is 24.9 Å². The molecular formula is C20H32N2. The SMILES string of the molecule is CC(C)=CCC/C(C)=C/CC[C@H](C)CNCc1cccnc1. The van der Waals surface area contributed by atoms with Crippen LogP contribution in [0.15, 0.2) is 47.8 Å². The van der Waals surface area contributed by atoms with Gasteiger partial charge in [-0.2, -0.15) is 0 Å². The van der Waals surface area contributed by atoms with Crippen molar-refractivity contribution in [2.75, 3.05) is 6.54 Å². The smallest absolute Gasteiger partial charge is 0.0312 e. The van der Waals surface area contributed by atoms with Crippen molar-refractivity contribution in [3.05, 3.63) is 53.4 Å². The monoisotopic (exact) mass is 300 g/mol. The van der Waals surface area contributed by atoms with Gasteiger partial charge in [-0.3, -0.25) is 4.98 Å². The van der Waals surface area contributed by atoms with E-state index >= 15 is 0 Å². The molecule has 0 aliphatic heterocycles. The van der Waals surface area contributed by atoms with Crippen molar-refractivity contribution in [2.45, 2.75) is 59.9 Å². The molecule has 0 unspecified atom stereocenters. The summed E-state index contributed by atoms with van der Waals surface area (Å²) in [5.41, 5.74) is 4.19. The Kier molecular flexibility index (Phi) is 9.49. The Labute approximate surface area is 136 Å². The summed E-state index contributed by atoms with van der Waals surface area (Å²) in [6, 6.07) is 4.10. The molecule has 0 fully saturated rings. The van der Waals surface area contributed by atoms with Gasteiger partial charge in [0.1, 0.15) is 0 Å². The Morgan fingerprint density at radius 3 is 2.73 bits per heavy atom. The van der Waals surface area contributed by atoms with Crippen molar-refractivity contribution in [1.29, 1.82) is 0 Å². The Morgan fingerprint density at radius 2 is 2.05 bits per heavy atom. The van der Waals surface area contributed by atoms with Crippen LogP contribution in [0.4, 0.5) is 0 Å². The van der Waals surface area contributed by atoms with E-state index in [2.05, 4.69) is 56.2 Å². The van der Waals surface area contributed by atoms with Crippen LogP contribution in [0.3, 0.4) is 0 Å². The van der Waals surface area contributed by atoms with Gasteiger partial charge >= 0.3 is 0 Å². The number of hydrogen-bond donors (Lipinski definition) is 1. The van der Waals surface area contributed by atoms with Crippen LogP contribution in [-0.4, -0.2) is 11.5 Å². The maximum atomic E-state index is 4.13. The number of aromatic nitrogens is 1. The molecule has 22 heavy (non-hydrogen) atoms. The van der Waals surface area contributed by atoms with Crippen LogP contribution in [0.5, 0.6) is 0 Å². The van der Waals surface area contributed by atoms with Crippen LogP contribution in [0.1, 0.15) is 58.9 Å². The van der Waals surface area contributed by atoms with Gasteiger partial charge in [-0.25, -0.2) is 0 Å². The molecule has 2 nitrogen and oxygen atoms in total. The first-order valence-corrected chi connectivity index (χ1v) is 8.46. The van der Waals surface area contributed by atoms with Crippen LogP contribution in [0.25, 0.3) is 0 Å². The minimum absolute atomic E-state index is 0.707. The summed E-state index contributed by atoms with van der Waals surface area (Å²) < 4.78 is 0. The second-order valence-electron chi connectivity index (χ2n) is 6.55. The molecular weight excluding hydrogens is 268 g/mol. The molecule has 0 aromatic carbocycles. The number of pyridine rings is 1. The van der Waals surface area contributed by atoms with Gasteiger partial charge in [0.15, 0.2) is 0 Å². The Balaban J connectivity index is 2.12. The van der Waals surface area contributed by atoms with Crippen molar-refractivity contribution in [1.82, 2.24) is 10.3 Å². The predicted octanol–water partition coefficient (Wildman–Crippen LogP) is 5.28. The molecule has 2 heteroatoms. The van der Waals surface area contributed by atoms with Crippen molar-refractivity contribution < 1.29 is 0 Å². The molecule has 1 rings (SSSR count). The Morgan fingerprint density at radius 1 is 1.23 bits per heavy atom. The average molecular weight is 300 g/mol. The first-order valence-electron chi connectivity index (χ1n) is 8.46. The summed E-state index contributed by atoms with van der Waals surface area (Å²) >= 11 is 0. The molecule has 1 N–H and O–H groups in total. The lowest BCUT2D eigenvalue weighted by atomic mass is 10.0. The van der Waals surface area contributed by atoms with Crippen molar-refractivity contribution >= 4 is 0 Å². The van der Waals surface area contributed by atoms with Crippen LogP contribution in [0.2, 0.25) is 0 Å². The van der Waals surface area contributed by atoms with Crippen LogP contribution < -0.4 is 5.32 Å². The molecule has 1 atom stereocenters. The summed E-state index contributed by atoms with van der Waals surface area (Å²) in [4.78, 5) is 4.13. The lowest BCUT2D eigenvalue weighted by molar-refractivity contribution is 0.484. The number of rotatable bonds is 10. The largest absolute Gasteiger partial charge is 0.312 e. The second-order valence-corrected chi connectivity index (χ2v) is 6.55. The molecule has 0 amide bonds. The molecule has 0 saturated carbocycles. The van der Waals surface area contributed by atoms with E-state index in [1.165, 1.54) is 42.4 Å². The fourth-order valence-electron chi connectivity index (χ4n) is 2.37. The first kappa shape index (κ1) is 18.6. The molecule has 0 radical (unpaired) electrons. The summed E-state index contributed by atoms with van der Waals surface area (Å²) in [7, 11) is 0. The van der Waals surface area contributed by atoms with Crippen molar-refractivity contribution in [3.8, 4) is 0 Å². The highest BCUT2D eigenvalue weighted by atomic mass is 14.9. The fourth-order valence-corrected chi connectivity index (χ4v) is 2.37. The lowest BCUT2D eigenvalue weighted by Crippen LogP contribution is -2.20. The molecule has 1 aromatic rings. The summed E-state index contributed by atoms with van der Waals surface area (Å²) in [5.74, 6) is 0.707. The molecule has 122 valence electrons. The van der Waals surface area contributed by atoms with E-state index in [4.69, 9.17) is 0 Å². The maximum absolute atomic E-state index is 4.13. The Bertz CT molecular complexity index is 456. The quantitative estimate of drug-likeness (QED) is 0.595. The van der Waals surface area contributed by atoms with Gasteiger partial charge in [-0.1, -0.05) is 36.3 Å². The van der Waals surface area contributed by atoms with Crippen LogP contribution >= 0.6 is 0 Å². The highest BCUT2D eigenvalue weighted by Gasteiger charge is 2.01. The second kappa shape index (κ2) is 11.2. The van der Waals surface area contributed by atoms with E-state index in [1.54, 1.807) is 0 Å². The first-order chi connectivity index (χ1) is 10.6. The van der Waals surface area contributed by atoms with E-state index in [0.717, 1.165) is 13.1 Å². The maximum Gasteiger partial charge on any atom is 0.0312 e. The van der Waals surface area contributed by atoms with Gasteiger partial charge in [0.2, 0.25) is 0 Å². The summed E-state index contributed by atoms with van der Waals surface area (Å²) in [5, 5.41) is 3.52. The molecule has 1 aromatic heterocycles. The van der Waals surface area contributed by atoms with Gasteiger partial charge < -0.3 is 5.32 Å². The third kappa shape index (κ3) is 9.51. The van der Waals surface area contributed by atoms with Gasteiger partial charge in [0, 0.05) is 18.9 Å². The summed E-state index contributed by atoms with van der Waals surface area (Å²) in [6.07, 6.45) is 13.3. The van der Waals surface area contributed by atoms with E-state index in [0.29, 0.717) is 5.92 Å². The molecule has 0 aliphatic carbocycles. The highest BCUT2D eigenvalue weighted by Crippen LogP contribution is 2.11. The van der Waals surface area contributed by atoms with E-state index in [9.17, 15) is 0 Å². The zero-order valence-electron chi connectivity index (χ0n) is 14.7. The minimum Gasteiger partial charge on any atom is -0.312 e. The average Bonchev–Trinajstić information content (AvgIpc) is 2.48. The zero-order chi connectivity index (χ0) is 16.2. The number of allylic oxidation sites excluding steroid dienone is 4. The van der Waals surface area contributed by atoms with Gasteiger partial charge in [-0.15, -0.1) is 0 Å². The molecule has 0 saturated heterocycles. The molecule has 0 bridgehead atoms. The predicted molar refractivity (Wildman–Crippen MR) is 96.8 cm³/mol. The third-order valence-corrected chi connectivity index (χ3v) is 3.79. The minimum atomic E-state index is 0.707. The fraction of sp³-hybridized carbons (Fsp3) is 0.550. The van der Waals surface area contributed by atoms with Crippen molar-refractivity contribution in [2.24, 2.45) is 5.92 Å². The zero-order valence-corrected chi connectivity index (χ0v) is 14.7. The van der Waals surface area contributed by atoms with E-state index < -0.39 is 0 Å². The van der Waals surface area contributed by atoms with Gasteiger partial charge in [-0.05, 0) is 70.5 Å². The van der Waals surface area contributed by atoms with Crippen molar-refractivity contribution in [3.63, 3.8) is 0 Å². The highest BCUT2D eigenvalue weighted by molar-refractivity contribution is 5.07. The molecule has 0 spiro atoms. The summed E-state index contributed by atoms with van der Waals surface area (Å²) in [6.45, 7) is 10.9. The van der Waals surface area contributed by atoms with E-state index in [-0.39, 0.29) is 0 Å². The number of nitrogens with one attached hydrogen (secondary N) is 1. The number of nitrogens with zero attached hydrogens (tertiary/aromatic N) is 1. The van der Waals surface area contributed by atoms with E-state index in [1.807, 2.05) is 18.5 Å². The van der Waals surface area contributed by atoms with Gasteiger partial charge in [0.05, 0.1) is 0 Å². The lowest BCUT2D eigenvalue weighted by Gasteiger charge is -2.11. The Hall–Kier alpha value is -1.41. The third-order valence-electron chi connectivity index (χ3n) is 3.79. The number of hydrogen-bond acceptors (Lipinski definition) is 2. The molecule has 0 aliphatic rings. The van der Waals surface area contributed by atoms with Crippen LogP contribution in [0, 0.1) is 5.92 Å². The van der Waals surface area contributed by atoms with Gasteiger partial charge in [0.25, 0.3) is 0 Å². The molecule has 1 heterocycles. The standard InChI is InChI=1S/C20H32N2/c1-17(2)8-5-9-18(3)10-6-11-19(4)14-22-16-20-12-7-13-21-15-20/h7-8,10,12-13,15,19,22H,5-6,9,11,14,16H2,1-4H3/b18-10+/t19-/m0/s1. The normalized spacial score (nSPS) is 13.0. The van der Waals surface area contributed by atoms with Crippen LogP contribution in [-0.2, 0) is 6.54 Å².